The van der Waals surface area contributed by atoms with Crippen molar-refractivity contribution in [2.75, 3.05) is 18.4 Å². The molecule has 0 aliphatic heterocycles. The van der Waals surface area contributed by atoms with E-state index in [9.17, 15) is 4.79 Å². The van der Waals surface area contributed by atoms with E-state index in [2.05, 4.69) is 15.6 Å². The summed E-state index contributed by atoms with van der Waals surface area (Å²) >= 11 is 5.92. The first kappa shape index (κ1) is 12.8. The van der Waals surface area contributed by atoms with Crippen molar-refractivity contribution in [3.8, 4) is 0 Å². The predicted molar refractivity (Wildman–Crippen MR) is 66.0 cm³/mol. The van der Waals surface area contributed by atoms with E-state index in [1.807, 2.05) is 13.8 Å². The van der Waals surface area contributed by atoms with E-state index in [0.717, 1.165) is 13.0 Å². The van der Waals surface area contributed by atoms with Gasteiger partial charge in [-0.25, -0.2) is 4.98 Å². The van der Waals surface area contributed by atoms with Crippen molar-refractivity contribution >= 4 is 23.3 Å². The van der Waals surface area contributed by atoms with Crippen molar-refractivity contribution in [2.45, 2.75) is 20.3 Å². The number of hydrogen-bond acceptors (Lipinski definition) is 3. The molecule has 1 amide bonds. The minimum atomic E-state index is -0.230. The number of hydrogen-bond donors (Lipinski definition) is 2. The van der Waals surface area contributed by atoms with E-state index in [0.29, 0.717) is 17.4 Å². The van der Waals surface area contributed by atoms with Crippen LogP contribution < -0.4 is 10.6 Å². The Morgan fingerprint density at radius 1 is 1.44 bits per heavy atom. The smallest absolute Gasteiger partial charge is 0.271 e. The van der Waals surface area contributed by atoms with Crippen LogP contribution in [0, 0.1) is 0 Å². The van der Waals surface area contributed by atoms with Crippen molar-refractivity contribution in [1.29, 1.82) is 0 Å². The van der Waals surface area contributed by atoms with Crippen LogP contribution >= 0.6 is 11.6 Å². The fraction of sp³-hybridized carbons (Fsp3) is 0.455. The van der Waals surface area contributed by atoms with Gasteiger partial charge in [0.1, 0.15) is 11.5 Å². The van der Waals surface area contributed by atoms with Gasteiger partial charge in [-0.05, 0) is 25.5 Å². The van der Waals surface area contributed by atoms with Gasteiger partial charge in [-0.2, -0.15) is 0 Å². The zero-order valence-corrected chi connectivity index (χ0v) is 10.3. The number of anilines is 1. The van der Waals surface area contributed by atoms with Crippen LogP contribution in [0.5, 0.6) is 0 Å². The van der Waals surface area contributed by atoms with Gasteiger partial charge in [0.15, 0.2) is 0 Å². The Morgan fingerprint density at radius 3 is 2.81 bits per heavy atom. The third-order valence-electron chi connectivity index (χ3n) is 1.95. The maximum absolute atomic E-state index is 11.7. The predicted octanol–water partition coefficient (Wildman–Crippen LogP) is 2.31. The standard InChI is InChI=1S/C11H16ClN3O/c1-3-7-14-11(16)10-8(12)5-6-9(15-10)13-4-2/h5-6H,3-4,7H2,1-2H3,(H,13,15)(H,14,16). The number of nitrogens with one attached hydrogen (secondary N) is 2. The molecular weight excluding hydrogens is 226 g/mol. The van der Waals surface area contributed by atoms with Gasteiger partial charge in [0, 0.05) is 13.1 Å². The van der Waals surface area contributed by atoms with Crippen molar-refractivity contribution < 1.29 is 4.79 Å². The largest absolute Gasteiger partial charge is 0.370 e. The average Bonchev–Trinajstić information content (AvgIpc) is 2.29. The van der Waals surface area contributed by atoms with E-state index < -0.39 is 0 Å². The summed E-state index contributed by atoms with van der Waals surface area (Å²) in [6.45, 7) is 5.34. The van der Waals surface area contributed by atoms with Crippen molar-refractivity contribution in [2.24, 2.45) is 0 Å². The topological polar surface area (TPSA) is 54.0 Å². The van der Waals surface area contributed by atoms with Crippen LogP contribution in [-0.2, 0) is 0 Å². The highest BCUT2D eigenvalue weighted by atomic mass is 35.5. The van der Waals surface area contributed by atoms with E-state index in [1.54, 1.807) is 12.1 Å². The van der Waals surface area contributed by atoms with Gasteiger partial charge in [0.25, 0.3) is 5.91 Å². The molecule has 0 radical (unpaired) electrons. The molecular formula is C11H16ClN3O. The Kier molecular flexibility index (Phi) is 5.05. The first-order valence-corrected chi connectivity index (χ1v) is 5.75. The van der Waals surface area contributed by atoms with Gasteiger partial charge in [-0.1, -0.05) is 18.5 Å². The van der Waals surface area contributed by atoms with Gasteiger partial charge in [-0.3, -0.25) is 4.79 Å². The SMILES string of the molecule is CCCNC(=O)c1nc(NCC)ccc1Cl. The van der Waals surface area contributed by atoms with Crippen LogP contribution in [0.4, 0.5) is 5.82 Å². The minimum absolute atomic E-state index is 0.230. The number of nitrogens with zero attached hydrogens (tertiary/aromatic N) is 1. The summed E-state index contributed by atoms with van der Waals surface area (Å²) < 4.78 is 0. The second-order valence-corrected chi connectivity index (χ2v) is 3.72. The molecule has 1 rings (SSSR count). The summed E-state index contributed by atoms with van der Waals surface area (Å²) in [5.41, 5.74) is 0.272. The summed E-state index contributed by atoms with van der Waals surface area (Å²) in [4.78, 5) is 15.9. The highest BCUT2D eigenvalue weighted by Gasteiger charge is 2.12. The van der Waals surface area contributed by atoms with E-state index in [-0.39, 0.29) is 11.6 Å². The lowest BCUT2D eigenvalue weighted by molar-refractivity contribution is 0.0949. The normalized spacial score (nSPS) is 9.94. The Labute approximate surface area is 100 Å². The highest BCUT2D eigenvalue weighted by molar-refractivity contribution is 6.33. The fourth-order valence-corrected chi connectivity index (χ4v) is 1.39. The first-order chi connectivity index (χ1) is 7.69. The lowest BCUT2D eigenvalue weighted by Crippen LogP contribution is -2.25. The van der Waals surface area contributed by atoms with Gasteiger partial charge in [0.2, 0.25) is 0 Å². The molecule has 0 bridgehead atoms. The van der Waals surface area contributed by atoms with Gasteiger partial charge in [0.05, 0.1) is 5.02 Å². The summed E-state index contributed by atoms with van der Waals surface area (Å²) in [5.74, 6) is 0.431. The minimum Gasteiger partial charge on any atom is -0.370 e. The molecule has 0 atom stereocenters. The highest BCUT2D eigenvalue weighted by Crippen LogP contribution is 2.16. The third-order valence-corrected chi connectivity index (χ3v) is 2.26. The molecule has 1 aromatic heterocycles. The molecule has 0 unspecified atom stereocenters. The fourth-order valence-electron chi connectivity index (χ4n) is 1.20. The molecule has 0 saturated heterocycles. The summed E-state index contributed by atoms with van der Waals surface area (Å²) in [6.07, 6.45) is 0.885. The first-order valence-electron chi connectivity index (χ1n) is 5.37. The second kappa shape index (κ2) is 6.33. The van der Waals surface area contributed by atoms with Crippen LogP contribution in [-0.4, -0.2) is 24.0 Å². The molecule has 0 aromatic carbocycles. The maximum atomic E-state index is 11.7. The molecule has 5 heteroatoms. The summed E-state index contributed by atoms with van der Waals surface area (Å²) in [7, 11) is 0. The number of aromatic nitrogens is 1. The molecule has 0 aliphatic carbocycles. The molecule has 0 fully saturated rings. The number of rotatable bonds is 5. The number of carbonyl (C=O) groups excluding carboxylic acids is 1. The van der Waals surface area contributed by atoms with Crippen LogP contribution in [0.25, 0.3) is 0 Å². The van der Waals surface area contributed by atoms with Crippen LogP contribution in [0.3, 0.4) is 0 Å². The average molecular weight is 242 g/mol. The molecule has 88 valence electrons. The number of amides is 1. The molecule has 2 N–H and O–H groups in total. The van der Waals surface area contributed by atoms with Gasteiger partial charge >= 0.3 is 0 Å². The van der Waals surface area contributed by atoms with Gasteiger partial charge < -0.3 is 10.6 Å². The zero-order valence-electron chi connectivity index (χ0n) is 9.51. The molecule has 0 aliphatic rings. The number of halogens is 1. The van der Waals surface area contributed by atoms with Crippen molar-refractivity contribution in [3.63, 3.8) is 0 Å². The van der Waals surface area contributed by atoms with E-state index in [1.165, 1.54) is 0 Å². The zero-order chi connectivity index (χ0) is 12.0. The van der Waals surface area contributed by atoms with Crippen molar-refractivity contribution in [1.82, 2.24) is 10.3 Å². The lowest BCUT2D eigenvalue weighted by atomic mass is 10.3. The quantitative estimate of drug-likeness (QED) is 0.832. The number of pyridine rings is 1. The molecule has 16 heavy (non-hydrogen) atoms. The van der Waals surface area contributed by atoms with E-state index in [4.69, 9.17) is 11.6 Å². The van der Waals surface area contributed by atoms with E-state index >= 15 is 0 Å². The number of carbonyl (C=O) groups is 1. The third kappa shape index (κ3) is 3.38. The van der Waals surface area contributed by atoms with Crippen LogP contribution in [0.15, 0.2) is 12.1 Å². The Balaban J connectivity index is 2.84. The molecule has 1 heterocycles. The lowest BCUT2D eigenvalue weighted by Gasteiger charge is -2.07. The van der Waals surface area contributed by atoms with Crippen molar-refractivity contribution in [3.05, 3.63) is 22.8 Å². The van der Waals surface area contributed by atoms with Crippen LogP contribution in [0.1, 0.15) is 30.8 Å². The Morgan fingerprint density at radius 2 is 2.19 bits per heavy atom. The Hall–Kier alpha value is -1.29. The monoisotopic (exact) mass is 241 g/mol. The van der Waals surface area contributed by atoms with Gasteiger partial charge in [-0.15, -0.1) is 0 Å². The van der Waals surface area contributed by atoms with Crippen LogP contribution in [0.2, 0.25) is 5.02 Å². The Bertz CT molecular complexity index is 368. The second-order valence-electron chi connectivity index (χ2n) is 3.31. The molecule has 4 nitrogen and oxygen atoms in total. The maximum Gasteiger partial charge on any atom is 0.271 e. The molecule has 1 aromatic rings. The summed E-state index contributed by atoms with van der Waals surface area (Å²) in [5, 5.41) is 6.15. The molecule has 0 spiro atoms. The molecule has 0 saturated carbocycles. The summed E-state index contributed by atoms with van der Waals surface area (Å²) in [6, 6.07) is 3.43.